The minimum Gasteiger partial charge on any atom is -0.393 e. The Balaban J connectivity index is 1.84. The number of pyridine rings is 1. The Morgan fingerprint density at radius 1 is 1.26 bits per heavy atom. The Kier molecular flexibility index (Phi) is 4.25. The molecule has 0 radical (unpaired) electrons. The molecule has 0 unspecified atom stereocenters. The first kappa shape index (κ1) is 15.4. The van der Waals surface area contributed by atoms with Gasteiger partial charge in [-0.1, -0.05) is 12.1 Å². The molecule has 0 saturated heterocycles. The standard InChI is InChI=1S/C17H17FN2O3/c18-12-5-3-10(4-6-12)15(11-8-13(21)9-11)20-17(23)14-2-1-7-19-16(14)22/h1-7,11,13,15,21H,8-9H2,(H,19,22)(H,20,23)/t11?,13?,15-/m1/s1. The smallest absolute Gasteiger partial charge is 0.260 e. The van der Waals surface area contributed by atoms with E-state index in [1.54, 1.807) is 18.2 Å². The summed E-state index contributed by atoms with van der Waals surface area (Å²) in [6.45, 7) is 0. The minimum atomic E-state index is -0.484. The molecule has 1 saturated carbocycles. The van der Waals surface area contributed by atoms with Crippen LogP contribution in [0.3, 0.4) is 0 Å². The van der Waals surface area contributed by atoms with Gasteiger partial charge in [0.05, 0.1) is 12.1 Å². The van der Waals surface area contributed by atoms with E-state index in [0.29, 0.717) is 12.8 Å². The number of rotatable bonds is 4. The molecule has 1 atom stereocenters. The molecule has 1 amide bonds. The maximum Gasteiger partial charge on any atom is 0.260 e. The van der Waals surface area contributed by atoms with Gasteiger partial charge >= 0.3 is 0 Å². The summed E-state index contributed by atoms with van der Waals surface area (Å²) < 4.78 is 13.1. The summed E-state index contributed by atoms with van der Waals surface area (Å²) in [5, 5.41) is 12.4. The second-order valence-corrected chi connectivity index (χ2v) is 5.80. The van der Waals surface area contributed by atoms with E-state index in [1.165, 1.54) is 24.4 Å². The zero-order valence-electron chi connectivity index (χ0n) is 12.3. The van der Waals surface area contributed by atoms with Gasteiger partial charge in [0.2, 0.25) is 0 Å². The summed E-state index contributed by atoms with van der Waals surface area (Å²) >= 11 is 0. The van der Waals surface area contributed by atoms with Crippen LogP contribution in [0, 0.1) is 11.7 Å². The lowest BCUT2D eigenvalue weighted by molar-refractivity contribution is 0.0235. The van der Waals surface area contributed by atoms with Gasteiger partial charge in [-0.2, -0.15) is 0 Å². The minimum absolute atomic E-state index is 0.0273. The average Bonchev–Trinajstić information content (AvgIpc) is 2.51. The maximum absolute atomic E-state index is 13.1. The molecule has 120 valence electrons. The number of carbonyl (C=O) groups is 1. The predicted molar refractivity (Wildman–Crippen MR) is 82.4 cm³/mol. The fourth-order valence-corrected chi connectivity index (χ4v) is 2.86. The van der Waals surface area contributed by atoms with E-state index in [9.17, 15) is 19.1 Å². The number of hydrogen-bond acceptors (Lipinski definition) is 3. The van der Waals surface area contributed by atoms with E-state index in [2.05, 4.69) is 10.3 Å². The van der Waals surface area contributed by atoms with Crippen LogP contribution in [-0.2, 0) is 0 Å². The van der Waals surface area contributed by atoms with Crippen molar-refractivity contribution in [2.24, 2.45) is 5.92 Å². The monoisotopic (exact) mass is 316 g/mol. The zero-order valence-corrected chi connectivity index (χ0v) is 12.3. The SMILES string of the molecule is O=C(N[C@H](c1ccc(F)cc1)C1CC(O)C1)c1ccc[nH]c1=O. The lowest BCUT2D eigenvalue weighted by Gasteiger charge is -2.38. The molecule has 1 aliphatic rings. The normalized spacial score (nSPS) is 21.3. The molecule has 0 spiro atoms. The topological polar surface area (TPSA) is 82.2 Å². The Hall–Kier alpha value is -2.47. The van der Waals surface area contributed by atoms with Gasteiger partial charge in [0.1, 0.15) is 11.4 Å². The van der Waals surface area contributed by atoms with E-state index in [1.807, 2.05) is 0 Å². The number of halogens is 1. The van der Waals surface area contributed by atoms with Crippen molar-refractivity contribution in [2.75, 3.05) is 0 Å². The fourth-order valence-electron chi connectivity index (χ4n) is 2.86. The Bertz CT molecular complexity index is 751. The van der Waals surface area contributed by atoms with Crippen LogP contribution in [0.25, 0.3) is 0 Å². The number of benzene rings is 1. The third kappa shape index (κ3) is 3.32. The van der Waals surface area contributed by atoms with Crippen LogP contribution in [0.2, 0.25) is 0 Å². The fraction of sp³-hybridized carbons (Fsp3) is 0.294. The van der Waals surface area contributed by atoms with E-state index < -0.39 is 11.5 Å². The Morgan fingerprint density at radius 2 is 1.96 bits per heavy atom. The van der Waals surface area contributed by atoms with Crippen LogP contribution >= 0.6 is 0 Å². The van der Waals surface area contributed by atoms with E-state index in [4.69, 9.17) is 0 Å². The predicted octanol–water partition coefficient (Wildman–Crippen LogP) is 1.76. The summed E-state index contributed by atoms with van der Waals surface area (Å²) in [7, 11) is 0. The van der Waals surface area contributed by atoms with Crippen LogP contribution in [0.4, 0.5) is 4.39 Å². The number of nitrogens with one attached hydrogen (secondary N) is 2. The van der Waals surface area contributed by atoms with Gasteiger partial charge in [0, 0.05) is 6.20 Å². The molecule has 0 aliphatic heterocycles. The van der Waals surface area contributed by atoms with E-state index in [-0.39, 0.29) is 29.4 Å². The first-order chi connectivity index (χ1) is 11.0. The number of aliphatic hydroxyl groups is 1. The molecule has 1 heterocycles. The molecule has 5 nitrogen and oxygen atoms in total. The molecule has 23 heavy (non-hydrogen) atoms. The molecule has 2 aromatic rings. The highest BCUT2D eigenvalue weighted by atomic mass is 19.1. The van der Waals surface area contributed by atoms with Crippen LogP contribution in [0.5, 0.6) is 0 Å². The summed E-state index contributed by atoms with van der Waals surface area (Å²) in [6.07, 6.45) is 2.21. The van der Waals surface area contributed by atoms with Crippen LogP contribution in [0.15, 0.2) is 47.4 Å². The second-order valence-electron chi connectivity index (χ2n) is 5.80. The van der Waals surface area contributed by atoms with Gasteiger partial charge in [-0.25, -0.2) is 4.39 Å². The number of aromatic amines is 1. The van der Waals surface area contributed by atoms with Gasteiger partial charge in [-0.15, -0.1) is 0 Å². The molecular formula is C17H17FN2O3. The number of aromatic nitrogens is 1. The third-order valence-electron chi connectivity index (χ3n) is 4.20. The summed E-state index contributed by atoms with van der Waals surface area (Å²) in [4.78, 5) is 26.6. The van der Waals surface area contributed by atoms with Crippen LogP contribution in [0.1, 0.15) is 34.8 Å². The van der Waals surface area contributed by atoms with E-state index in [0.717, 1.165) is 5.56 Å². The van der Waals surface area contributed by atoms with Gasteiger partial charge in [0.15, 0.2) is 0 Å². The molecule has 6 heteroatoms. The molecule has 0 bridgehead atoms. The Labute approximate surface area is 132 Å². The molecule has 3 rings (SSSR count). The summed E-state index contributed by atoms with van der Waals surface area (Å²) in [5.74, 6) is -0.781. The zero-order chi connectivity index (χ0) is 16.4. The quantitative estimate of drug-likeness (QED) is 0.804. The number of amides is 1. The summed E-state index contributed by atoms with van der Waals surface area (Å²) in [6, 6.07) is 8.55. The molecule has 3 N–H and O–H groups in total. The second kappa shape index (κ2) is 6.34. The van der Waals surface area contributed by atoms with Crippen molar-refractivity contribution < 1.29 is 14.3 Å². The average molecular weight is 316 g/mol. The number of hydrogen-bond donors (Lipinski definition) is 3. The molecule has 1 aliphatic carbocycles. The Morgan fingerprint density at radius 3 is 2.57 bits per heavy atom. The summed E-state index contributed by atoms with van der Waals surface area (Å²) in [5.41, 5.74) is 0.319. The number of carbonyl (C=O) groups excluding carboxylic acids is 1. The first-order valence-corrected chi connectivity index (χ1v) is 7.46. The molecular weight excluding hydrogens is 299 g/mol. The molecule has 1 aromatic heterocycles. The van der Waals surface area contributed by atoms with Gasteiger partial charge in [-0.3, -0.25) is 9.59 Å². The molecule has 1 fully saturated rings. The van der Waals surface area contributed by atoms with Crippen molar-refractivity contribution in [1.82, 2.24) is 10.3 Å². The van der Waals surface area contributed by atoms with Crippen molar-refractivity contribution in [2.45, 2.75) is 25.0 Å². The van der Waals surface area contributed by atoms with Gasteiger partial charge < -0.3 is 15.4 Å². The van der Waals surface area contributed by atoms with Gasteiger partial charge in [-0.05, 0) is 48.6 Å². The van der Waals surface area contributed by atoms with Crippen molar-refractivity contribution in [1.29, 1.82) is 0 Å². The van der Waals surface area contributed by atoms with Crippen LogP contribution in [-0.4, -0.2) is 22.1 Å². The largest absolute Gasteiger partial charge is 0.393 e. The number of H-pyrrole nitrogens is 1. The lowest BCUT2D eigenvalue weighted by atomic mass is 9.75. The highest BCUT2D eigenvalue weighted by Gasteiger charge is 2.36. The first-order valence-electron chi connectivity index (χ1n) is 7.46. The van der Waals surface area contributed by atoms with Gasteiger partial charge in [0.25, 0.3) is 11.5 Å². The maximum atomic E-state index is 13.1. The van der Waals surface area contributed by atoms with Crippen molar-refractivity contribution in [3.05, 3.63) is 69.9 Å². The highest BCUT2D eigenvalue weighted by Crippen LogP contribution is 2.38. The number of aliphatic hydroxyl groups excluding tert-OH is 1. The highest BCUT2D eigenvalue weighted by molar-refractivity contribution is 5.94. The van der Waals surface area contributed by atoms with Crippen molar-refractivity contribution >= 4 is 5.91 Å². The molecule has 1 aromatic carbocycles. The van der Waals surface area contributed by atoms with Crippen molar-refractivity contribution in [3.63, 3.8) is 0 Å². The third-order valence-corrected chi connectivity index (χ3v) is 4.20. The lowest BCUT2D eigenvalue weighted by Crippen LogP contribution is -2.42. The van der Waals surface area contributed by atoms with E-state index >= 15 is 0 Å². The van der Waals surface area contributed by atoms with Crippen molar-refractivity contribution in [3.8, 4) is 0 Å². The van der Waals surface area contributed by atoms with Crippen LogP contribution < -0.4 is 10.9 Å².